The van der Waals surface area contributed by atoms with E-state index in [9.17, 15) is 9.59 Å². The lowest BCUT2D eigenvalue weighted by molar-refractivity contribution is -0.115. The molecule has 0 aromatic heterocycles. The van der Waals surface area contributed by atoms with Crippen LogP contribution >= 0.6 is 0 Å². The summed E-state index contributed by atoms with van der Waals surface area (Å²) in [6, 6.07) is 5.13. The Kier molecular flexibility index (Phi) is 3.10. The number of fused-ring (bicyclic) bond motifs is 1. The summed E-state index contributed by atoms with van der Waals surface area (Å²) in [7, 11) is 0. The fourth-order valence-electron chi connectivity index (χ4n) is 1.74. The molecule has 1 aliphatic heterocycles. The van der Waals surface area contributed by atoms with Gasteiger partial charge in [0, 0.05) is 23.8 Å². The molecule has 1 heterocycles. The van der Waals surface area contributed by atoms with Gasteiger partial charge in [-0.3, -0.25) is 9.59 Å². The second-order valence-electron chi connectivity index (χ2n) is 4.21. The maximum atomic E-state index is 11.8. The van der Waals surface area contributed by atoms with Crippen molar-refractivity contribution in [2.24, 2.45) is 5.73 Å². The standard InChI is InChI=1S/C12H15N3O2/c1-7(6-13)14-12(17)8-2-3-10-9(4-8)5-11(16)15-10/h2-4,7H,5-6,13H2,1H3,(H,14,17)(H,15,16). The number of carbonyl (C=O) groups is 2. The van der Waals surface area contributed by atoms with E-state index in [1.54, 1.807) is 18.2 Å². The molecule has 0 spiro atoms. The molecule has 5 heteroatoms. The second-order valence-corrected chi connectivity index (χ2v) is 4.21. The van der Waals surface area contributed by atoms with Crippen LogP contribution in [0.25, 0.3) is 0 Å². The zero-order valence-corrected chi connectivity index (χ0v) is 9.62. The van der Waals surface area contributed by atoms with Crippen molar-refractivity contribution in [2.75, 3.05) is 11.9 Å². The Morgan fingerprint density at radius 2 is 2.35 bits per heavy atom. The summed E-state index contributed by atoms with van der Waals surface area (Å²) in [6.45, 7) is 2.24. The first-order chi connectivity index (χ1) is 8.10. The molecule has 1 unspecified atom stereocenters. The molecule has 0 radical (unpaired) electrons. The highest BCUT2D eigenvalue weighted by Gasteiger charge is 2.19. The molecule has 0 saturated carbocycles. The molecule has 0 saturated heterocycles. The van der Waals surface area contributed by atoms with E-state index in [0.29, 0.717) is 18.5 Å². The predicted molar refractivity (Wildman–Crippen MR) is 64.8 cm³/mol. The molecule has 0 bridgehead atoms. The quantitative estimate of drug-likeness (QED) is 0.700. The van der Waals surface area contributed by atoms with Crippen molar-refractivity contribution in [2.45, 2.75) is 19.4 Å². The van der Waals surface area contributed by atoms with Gasteiger partial charge in [0.2, 0.25) is 5.91 Å². The van der Waals surface area contributed by atoms with Crippen molar-refractivity contribution < 1.29 is 9.59 Å². The Balaban J connectivity index is 2.16. The predicted octanol–water partition coefficient (Wildman–Crippen LogP) is 0.258. The molecule has 1 atom stereocenters. The molecule has 90 valence electrons. The maximum Gasteiger partial charge on any atom is 0.251 e. The molecule has 4 N–H and O–H groups in total. The van der Waals surface area contributed by atoms with Gasteiger partial charge in [-0.15, -0.1) is 0 Å². The number of hydrogen-bond acceptors (Lipinski definition) is 3. The van der Waals surface area contributed by atoms with Crippen LogP contribution in [-0.2, 0) is 11.2 Å². The summed E-state index contributed by atoms with van der Waals surface area (Å²) in [5, 5.41) is 5.50. The van der Waals surface area contributed by atoms with Gasteiger partial charge in [-0.1, -0.05) is 0 Å². The summed E-state index contributed by atoms with van der Waals surface area (Å²) in [6.07, 6.45) is 0.336. The van der Waals surface area contributed by atoms with E-state index < -0.39 is 0 Å². The van der Waals surface area contributed by atoms with Crippen LogP contribution in [0.5, 0.6) is 0 Å². The molecule has 2 rings (SSSR count). The first-order valence-electron chi connectivity index (χ1n) is 5.54. The number of hydrogen-bond donors (Lipinski definition) is 3. The Bertz CT molecular complexity index is 471. The van der Waals surface area contributed by atoms with Gasteiger partial charge in [-0.25, -0.2) is 0 Å². The minimum Gasteiger partial charge on any atom is -0.348 e. The molecular formula is C12H15N3O2. The second kappa shape index (κ2) is 4.55. The lowest BCUT2D eigenvalue weighted by Crippen LogP contribution is -2.37. The van der Waals surface area contributed by atoms with Gasteiger partial charge in [0.25, 0.3) is 5.91 Å². The third-order valence-electron chi connectivity index (χ3n) is 2.72. The molecule has 0 aliphatic carbocycles. The number of carbonyl (C=O) groups excluding carboxylic acids is 2. The van der Waals surface area contributed by atoms with Crippen LogP contribution in [-0.4, -0.2) is 24.4 Å². The zero-order chi connectivity index (χ0) is 12.4. The van der Waals surface area contributed by atoms with E-state index in [4.69, 9.17) is 5.73 Å². The fraction of sp³-hybridized carbons (Fsp3) is 0.333. The van der Waals surface area contributed by atoms with E-state index in [1.807, 2.05) is 6.92 Å². The number of nitrogens with two attached hydrogens (primary N) is 1. The van der Waals surface area contributed by atoms with Crippen LogP contribution in [0.2, 0.25) is 0 Å². The van der Waals surface area contributed by atoms with Crippen molar-refractivity contribution in [1.82, 2.24) is 5.32 Å². The summed E-state index contributed by atoms with van der Waals surface area (Å²) >= 11 is 0. The lowest BCUT2D eigenvalue weighted by atomic mass is 10.1. The zero-order valence-electron chi connectivity index (χ0n) is 9.62. The van der Waals surface area contributed by atoms with Crippen molar-refractivity contribution >= 4 is 17.5 Å². The van der Waals surface area contributed by atoms with Crippen LogP contribution in [0, 0.1) is 0 Å². The molecule has 2 amide bonds. The Morgan fingerprint density at radius 3 is 3.06 bits per heavy atom. The van der Waals surface area contributed by atoms with Gasteiger partial charge in [-0.05, 0) is 30.7 Å². The molecule has 1 aliphatic rings. The van der Waals surface area contributed by atoms with E-state index in [2.05, 4.69) is 10.6 Å². The molecule has 1 aromatic carbocycles. The minimum absolute atomic E-state index is 0.0344. The van der Waals surface area contributed by atoms with Gasteiger partial charge in [-0.2, -0.15) is 0 Å². The van der Waals surface area contributed by atoms with Crippen molar-refractivity contribution in [3.05, 3.63) is 29.3 Å². The van der Waals surface area contributed by atoms with Crippen LogP contribution in [0.1, 0.15) is 22.8 Å². The van der Waals surface area contributed by atoms with Gasteiger partial charge >= 0.3 is 0 Å². The highest BCUT2D eigenvalue weighted by Crippen LogP contribution is 2.23. The number of rotatable bonds is 3. The van der Waals surface area contributed by atoms with Crippen molar-refractivity contribution in [1.29, 1.82) is 0 Å². The normalized spacial score (nSPS) is 15.1. The van der Waals surface area contributed by atoms with E-state index in [0.717, 1.165) is 11.3 Å². The van der Waals surface area contributed by atoms with E-state index in [1.165, 1.54) is 0 Å². The van der Waals surface area contributed by atoms with Crippen LogP contribution in [0.4, 0.5) is 5.69 Å². The van der Waals surface area contributed by atoms with E-state index >= 15 is 0 Å². The number of anilines is 1. The maximum absolute atomic E-state index is 11.8. The van der Waals surface area contributed by atoms with Crippen molar-refractivity contribution in [3.8, 4) is 0 Å². The molecule has 1 aromatic rings. The van der Waals surface area contributed by atoms with Gasteiger partial charge < -0.3 is 16.4 Å². The number of benzene rings is 1. The molecule has 0 fully saturated rings. The Labute approximate surface area is 99.4 Å². The SMILES string of the molecule is CC(CN)NC(=O)c1ccc2c(c1)CC(=O)N2. The van der Waals surface area contributed by atoms with E-state index in [-0.39, 0.29) is 17.9 Å². The summed E-state index contributed by atoms with van der Waals surface area (Å²) in [4.78, 5) is 23.0. The molecular weight excluding hydrogens is 218 g/mol. The van der Waals surface area contributed by atoms with Gasteiger partial charge in [0.1, 0.15) is 0 Å². The van der Waals surface area contributed by atoms with Crippen LogP contribution in [0.3, 0.4) is 0 Å². The third-order valence-corrected chi connectivity index (χ3v) is 2.72. The summed E-state index contributed by atoms with van der Waals surface area (Å²) in [5.41, 5.74) is 7.65. The first kappa shape index (κ1) is 11.6. The number of nitrogens with one attached hydrogen (secondary N) is 2. The van der Waals surface area contributed by atoms with Gasteiger partial charge in [0.15, 0.2) is 0 Å². The van der Waals surface area contributed by atoms with Crippen LogP contribution in [0.15, 0.2) is 18.2 Å². The first-order valence-corrected chi connectivity index (χ1v) is 5.54. The smallest absolute Gasteiger partial charge is 0.251 e. The van der Waals surface area contributed by atoms with Gasteiger partial charge in [0.05, 0.1) is 6.42 Å². The fourth-order valence-corrected chi connectivity index (χ4v) is 1.74. The average molecular weight is 233 g/mol. The average Bonchev–Trinajstić information content (AvgIpc) is 2.67. The minimum atomic E-state index is -0.162. The highest BCUT2D eigenvalue weighted by molar-refractivity contribution is 6.01. The largest absolute Gasteiger partial charge is 0.348 e. The third kappa shape index (κ3) is 2.45. The van der Waals surface area contributed by atoms with Crippen LogP contribution < -0.4 is 16.4 Å². The van der Waals surface area contributed by atoms with Crippen molar-refractivity contribution in [3.63, 3.8) is 0 Å². The summed E-state index contributed by atoms with van der Waals surface area (Å²) < 4.78 is 0. The number of amides is 2. The summed E-state index contributed by atoms with van der Waals surface area (Å²) in [5.74, 6) is -0.196. The molecule has 5 nitrogen and oxygen atoms in total. The Morgan fingerprint density at radius 1 is 1.59 bits per heavy atom. The topological polar surface area (TPSA) is 84.2 Å². The highest BCUT2D eigenvalue weighted by atomic mass is 16.2. The monoisotopic (exact) mass is 233 g/mol. The Hall–Kier alpha value is -1.88. The molecule has 17 heavy (non-hydrogen) atoms. The lowest BCUT2D eigenvalue weighted by Gasteiger charge is -2.11.